The number of anilines is 1. The lowest BCUT2D eigenvalue weighted by Crippen LogP contribution is -2.34. The molecular formula is C24H18F4N4O4S. The molecular weight excluding hydrogens is 516 g/mol. The standard InChI is InChI=1S/C24H18F4N4O4S/c1-31-13-16(14-6-9-29-10-7-14)24(30-31)22-18(27)4-5-19(23(22)28)32(11-8-21(33)34)37(35,36)20-12-15(25)2-3-17(20)26/h2-7,9-10,12-13H,8,11H2,1H3,(H,33,34). The lowest BCUT2D eigenvalue weighted by Gasteiger charge is -2.25. The van der Waals surface area contributed by atoms with E-state index >= 15 is 8.78 Å². The molecule has 0 atom stereocenters. The topological polar surface area (TPSA) is 105 Å². The number of rotatable bonds is 8. The monoisotopic (exact) mass is 534 g/mol. The summed E-state index contributed by atoms with van der Waals surface area (Å²) in [4.78, 5) is 14.0. The number of hydrogen-bond acceptors (Lipinski definition) is 5. The van der Waals surface area contributed by atoms with Crippen molar-refractivity contribution < 1.29 is 35.9 Å². The van der Waals surface area contributed by atoms with Gasteiger partial charge in [-0.1, -0.05) is 0 Å². The Morgan fingerprint density at radius 3 is 2.38 bits per heavy atom. The molecule has 0 bridgehead atoms. The van der Waals surface area contributed by atoms with Crippen LogP contribution in [0, 0.1) is 23.3 Å². The van der Waals surface area contributed by atoms with Crippen LogP contribution in [0.2, 0.25) is 0 Å². The minimum Gasteiger partial charge on any atom is -0.481 e. The van der Waals surface area contributed by atoms with Gasteiger partial charge >= 0.3 is 5.97 Å². The molecule has 0 fully saturated rings. The fraction of sp³-hybridized carbons (Fsp3) is 0.125. The van der Waals surface area contributed by atoms with Crippen molar-refractivity contribution >= 4 is 21.7 Å². The summed E-state index contributed by atoms with van der Waals surface area (Å²) in [5, 5.41) is 13.3. The molecule has 0 spiro atoms. The van der Waals surface area contributed by atoms with E-state index in [9.17, 15) is 22.0 Å². The largest absolute Gasteiger partial charge is 0.481 e. The SMILES string of the molecule is Cn1cc(-c2ccncc2)c(-c2c(F)ccc(N(CCC(=O)O)S(=O)(=O)c3cc(F)ccc3F)c2F)n1. The lowest BCUT2D eigenvalue weighted by atomic mass is 10.0. The number of hydrogen-bond donors (Lipinski definition) is 1. The van der Waals surface area contributed by atoms with Crippen molar-refractivity contribution in [3.63, 3.8) is 0 Å². The van der Waals surface area contributed by atoms with Gasteiger partial charge in [-0.05, 0) is 48.0 Å². The Bertz CT molecular complexity index is 1590. The van der Waals surface area contributed by atoms with Gasteiger partial charge in [0, 0.05) is 37.7 Å². The van der Waals surface area contributed by atoms with Crippen molar-refractivity contribution in [3.05, 3.63) is 84.3 Å². The molecule has 37 heavy (non-hydrogen) atoms. The van der Waals surface area contributed by atoms with Crippen LogP contribution in [0.4, 0.5) is 23.2 Å². The van der Waals surface area contributed by atoms with Crippen LogP contribution in [0.3, 0.4) is 0 Å². The second-order valence-corrected chi connectivity index (χ2v) is 9.68. The Morgan fingerprint density at radius 1 is 1.03 bits per heavy atom. The summed E-state index contributed by atoms with van der Waals surface area (Å²) in [6, 6.07) is 6.37. The molecule has 0 saturated carbocycles. The number of carboxylic acid groups (broad SMARTS) is 1. The van der Waals surface area contributed by atoms with Crippen molar-refractivity contribution in [2.75, 3.05) is 10.8 Å². The molecule has 8 nitrogen and oxygen atoms in total. The number of halogens is 4. The molecule has 1 N–H and O–H groups in total. The molecule has 192 valence electrons. The Kier molecular flexibility index (Phi) is 6.99. The maximum absolute atomic E-state index is 16.0. The van der Waals surface area contributed by atoms with Gasteiger partial charge in [-0.3, -0.25) is 18.8 Å². The summed E-state index contributed by atoms with van der Waals surface area (Å²) in [7, 11) is -3.52. The highest BCUT2D eigenvalue weighted by Gasteiger charge is 2.33. The molecule has 2 aromatic carbocycles. The quantitative estimate of drug-likeness (QED) is 0.337. The zero-order valence-electron chi connectivity index (χ0n) is 19.1. The summed E-state index contributed by atoms with van der Waals surface area (Å²) in [6.45, 7) is -0.852. The maximum Gasteiger partial charge on any atom is 0.305 e. The first-order valence-corrected chi connectivity index (χ1v) is 12.1. The predicted octanol–water partition coefficient (Wildman–Crippen LogP) is 4.38. The lowest BCUT2D eigenvalue weighted by molar-refractivity contribution is -0.136. The summed E-state index contributed by atoms with van der Waals surface area (Å²) in [6.07, 6.45) is 3.61. The Labute approximate surface area is 208 Å². The minimum absolute atomic E-state index is 0.168. The van der Waals surface area contributed by atoms with Crippen LogP contribution in [0.15, 0.2) is 66.0 Å². The van der Waals surface area contributed by atoms with E-state index in [1.807, 2.05) is 0 Å². The maximum atomic E-state index is 16.0. The highest BCUT2D eigenvalue weighted by Crippen LogP contribution is 2.38. The van der Waals surface area contributed by atoms with Crippen molar-refractivity contribution in [3.8, 4) is 22.4 Å². The predicted molar refractivity (Wildman–Crippen MR) is 125 cm³/mol. The van der Waals surface area contributed by atoms with Gasteiger partial charge in [0.1, 0.15) is 28.0 Å². The zero-order chi connectivity index (χ0) is 26.9. The molecule has 2 heterocycles. The van der Waals surface area contributed by atoms with E-state index in [1.54, 1.807) is 12.1 Å². The van der Waals surface area contributed by atoms with Crippen LogP contribution >= 0.6 is 0 Å². The van der Waals surface area contributed by atoms with Crippen molar-refractivity contribution in [2.45, 2.75) is 11.3 Å². The van der Waals surface area contributed by atoms with Crippen LogP contribution in [-0.2, 0) is 21.9 Å². The summed E-state index contributed by atoms with van der Waals surface area (Å²) in [5.41, 5.74) is -0.818. The van der Waals surface area contributed by atoms with Crippen LogP contribution < -0.4 is 4.31 Å². The van der Waals surface area contributed by atoms with Gasteiger partial charge in [0.05, 0.1) is 17.7 Å². The van der Waals surface area contributed by atoms with Crippen molar-refractivity contribution in [2.24, 2.45) is 7.05 Å². The number of nitrogens with zero attached hydrogens (tertiary/aromatic N) is 4. The molecule has 0 radical (unpaired) electrons. The highest BCUT2D eigenvalue weighted by molar-refractivity contribution is 7.92. The van der Waals surface area contributed by atoms with E-state index in [0.717, 1.165) is 12.1 Å². The fourth-order valence-corrected chi connectivity index (χ4v) is 5.27. The fourth-order valence-electron chi connectivity index (χ4n) is 3.73. The summed E-state index contributed by atoms with van der Waals surface area (Å²) in [5.74, 6) is -6.34. The zero-order valence-corrected chi connectivity index (χ0v) is 19.9. The molecule has 0 amide bonds. The van der Waals surface area contributed by atoms with Gasteiger partial charge in [-0.2, -0.15) is 5.10 Å². The van der Waals surface area contributed by atoms with Gasteiger partial charge in [-0.25, -0.2) is 26.0 Å². The number of aliphatic carboxylic acids is 1. The number of carboxylic acids is 1. The van der Waals surface area contributed by atoms with E-state index < -0.39 is 68.4 Å². The van der Waals surface area contributed by atoms with Crippen molar-refractivity contribution in [1.29, 1.82) is 0 Å². The van der Waals surface area contributed by atoms with E-state index in [-0.39, 0.29) is 10.00 Å². The average molecular weight is 534 g/mol. The van der Waals surface area contributed by atoms with E-state index in [4.69, 9.17) is 5.11 Å². The second kappa shape index (κ2) is 10.0. The first kappa shape index (κ1) is 25.8. The molecule has 0 unspecified atom stereocenters. The number of carbonyl (C=O) groups is 1. The van der Waals surface area contributed by atoms with E-state index in [1.165, 1.54) is 30.3 Å². The Morgan fingerprint density at radius 2 is 1.70 bits per heavy atom. The van der Waals surface area contributed by atoms with Crippen LogP contribution in [-0.4, -0.2) is 40.8 Å². The molecule has 2 aromatic heterocycles. The van der Waals surface area contributed by atoms with Crippen LogP contribution in [0.1, 0.15) is 6.42 Å². The molecule has 4 aromatic rings. The van der Waals surface area contributed by atoms with Gasteiger partial charge in [0.2, 0.25) is 0 Å². The number of sulfonamides is 1. The van der Waals surface area contributed by atoms with Crippen LogP contribution in [0.25, 0.3) is 22.4 Å². The van der Waals surface area contributed by atoms with Crippen molar-refractivity contribution in [1.82, 2.24) is 14.8 Å². The van der Waals surface area contributed by atoms with Crippen LogP contribution in [0.5, 0.6) is 0 Å². The first-order valence-electron chi connectivity index (χ1n) is 10.6. The van der Waals surface area contributed by atoms with Gasteiger partial charge in [-0.15, -0.1) is 0 Å². The third kappa shape index (κ3) is 5.03. The van der Waals surface area contributed by atoms with E-state index in [0.29, 0.717) is 29.3 Å². The third-order valence-corrected chi connectivity index (χ3v) is 7.21. The Hall–Kier alpha value is -4.26. The average Bonchev–Trinajstić information content (AvgIpc) is 3.23. The number of benzene rings is 2. The molecule has 0 aliphatic carbocycles. The van der Waals surface area contributed by atoms with Gasteiger partial charge < -0.3 is 5.11 Å². The second-order valence-electron chi connectivity index (χ2n) is 7.85. The van der Waals surface area contributed by atoms with Gasteiger partial charge in [0.25, 0.3) is 10.0 Å². The molecule has 13 heteroatoms. The Balaban J connectivity index is 1.94. The summed E-state index contributed by atoms with van der Waals surface area (Å²) >= 11 is 0. The summed E-state index contributed by atoms with van der Waals surface area (Å²) < 4.78 is 87.5. The molecule has 0 saturated heterocycles. The normalized spacial score (nSPS) is 11.5. The molecule has 4 rings (SSSR count). The third-order valence-electron chi connectivity index (χ3n) is 5.39. The van der Waals surface area contributed by atoms with E-state index in [2.05, 4.69) is 10.1 Å². The molecule has 0 aliphatic heterocycles. The number of aryl methyl sites for hydroxylation is 1. The first-order chi connectivity index (χ1) is 17.5. The number of pyridine rings is 1. The smallest absolute Gasteiger partial charge is 0.305 e. The minimum atomic E-state index is -5.04. The number of aromatic nitrogens is 3. The molecule has 0 aliphatic rings. The highest BCUT2D eigenvalue weighted by atomic mass is 32.2. The van der Waals surface area contributed by atoms with Gasteiger partial charge in [0.15, 0.2) is 5.82 Å².